The highest BCUT2D eigenvalue weighted by atomic mass is 32.1. The van der Waals surface area contributed by atoms with Crippen molar-refractivity contribution in [3.63, 3.8) is 0 Å². The van der Waals surface area contributed by atoms with Gasteiger partial charge in [0.2, 0.25) is 5.91 Å². The number of aromatic nitrogens is 1. The van der Waals surface area contributed by atoms with Gasteiger partial charge in [0.1, 0.15) is 0 Å². The van der Waals surface area contributed by atoms with Crippen molar-refractivity contribution in [1.29, 1.82) is 0 Å². The summed E-state index contributed by atoms with van der Waals surface area (Å²) >= 11 is 1.33. The van der Waals surface area contributed by atoms with Crippen LogP contribution in [-0.4, -0.2) is 38.8 Å². The fourth-order valence-corrected chi connectivity index (χ4v) is 3.90. The van der Waals surface area contributed by atoms with E-state index in [0.717, 1.165) is 30.7 Å². The number of carbonyl (C=O) groups is 2. The molecule has 1 aliphatic carbocycles. The van der Waals surface area contributed by atoms with Gasteiger partial charge in [-0.25, -0.2) is 4.37 Å². The van der Waals surface area contributed by atoms with Gasteiger partial charge in [-0.15, -0.1) is 0 Å². The van der Waals surface area contributed by atoms with E-state index in [-0.39, 0.29) is 17.9 Å². The Morgan fingerprint density at radius 3 is 2.95 bits per heavy atom. The van der Waals surface area contributed by atoms with Crippen LogP contribution in [0.15, 0.2) is 12.3 Å². The summed E-state index contributed by atoms with van der Waals surface area (Å²) in [5, 5.41) is 9.27. The zero-order valence-corrected chi connectivity index (χ0v) is 11.3. The van der Waals surface area contributed by atoms with Gasteiger partial charge < -0.3 is 10.0 Å². The van der Waals surface area contributed by atoms with Crippen molar-refractivity contribution >= 4 is 23.4 Å². The van der Waals surface area contributed by atoms with E-state index in [4.69, 9.17) is 0 Å². The zero-order valence-electron chi connectivity index (χ0n) is 10.5. The first kappa shape index (κ1) is 12.6. The second-order valence-corrected chi connectivity index (χ2v) is 6.31. The van der Waals surface area contributed by atoms with Gasteiger partial charge in [0.05, 0.1) is 12.3 Å². The first-order valence-electron chi connectivity index (χ1n) is 6.57. The molecule has 0 unspecified atom stereocenters. The molecule has 0 aromatic carbocycles. The Balaban J connectivity index is 1.73. The van der Waals surface area contributed by atoms with Crippen LogP contribution in [-0.2, 0) is 16.0 Å². The molecule has 2 saturated heterocycles. The van der Waals surface area contributed by atoms with Crippen LogP contribution in [0.25, 0.3) is 0 Å². The molecule has 3 aliphatic rings. The molecule has 3 fully saturated rings. The number of piperidine rings is 2. The molecule has 3 heterocycles. The number of carboxylic acid groups (broad SMARTS) is 1. The second kappa shape index (κ2) is 4.92. The maximum absolute atomic E-state index is 12.3. The van der Waals surface area contributed by atoms with Gasteiger partial charge in [-0.1, -0.05) is 0 Å². The summed E-state index contributed by atoms with van der Waals surface area (Å²) in [6.07, 6.45) is 4.65. The molecule has 0 radical (unpaired) electrons. The lowest BCUT2D eigenvalue weighted by Crippen LogP contribution is -2.57. The van der Waals surface area contributed by atoms with E-state index < -0.39 is 5.97 Å². The van der Waals surface area contributed by atoms with Crippen LogP contribution in [0.5, 0.6) is 0 Å². The third-order valence-electron chi connectivity index (χ3n) is 4.23. The molecule has 3 atom stereocenters. The number of nitrogens with zero attached hydrogens (tertiary/aromatic N) is 2. The van der Waals surface area contributed by atoms with Gasteiger partial charge in [0.15, 0.2) is 0 Å². The summed E-state index contributed by atoms with van der Waals surface area (Å²) in [6.45, 7) is 0.728. The number of aliphatic carboxylic acids is 1. The number of amides is 1. The molecular formula is C13H16N2O3S. The molecule has 2 bridgehead atoms. The third kappa shape index (κ3) is 2.36. The minimum Gasteiger partial charge on any atom is -0.481 e. The molecule has 1 N–H and O–H groups in total. The van der Waals surface area contributed by atoms with Gasteiger partial charge in [-0.3, -0.25) is 9.59 Å². The Morgan fingerprint density at radius 2 is 2.32 bits per heavy atom. The molecule has 4 rings (SSSR count). The van der Waals surface area contributed by atoms with Crippen LogP contribution >= 0.6 is 11.5 Å². The Morgan fingerprint density at radius 1 is 1.47 bits per heavy atom. The van der Waals surface area contributed by atoms with E-state index >= 15 is 0 Å². The Bertz CT molecular complexity index is 488. The number of carboxylic acids is 1. The standard InChI is InChI=1S/C13H16N2O3S/c16-12(6-9-3-4-14-19-9)15-7-8-1-2-11(15)10(5-8)13(17)18/h3-4,8,10-11H,1-2,5-7H2,(H,17,18)/t8-,10-,11+/m1/s1. The first-order valence-corrected chi connectivity index (χ1v) is 7.34. The minimum absolute atomic E-state index is 0.0462. The van der Waals surface area contributed by atoms with Crippen molar-refractivity contribution in [3.05, 3.63) is 17.1 Å². The number of fused-ring (bicyclic) bond motifs is 3. The summed E-state index contributed by atoms with van der Waals surface area (Å²) in [4.78, 5) is 26.4. The fraction of sp³-hybridized carbons (Fsp3) is 0.615. The van der Waals surface area contributed by atoms with Gasteiger partial charge in [-0.2, -0.15) is 0 Å². The summed E-state index contributed by atoms with van der Waals surface area (Å²) in [5.74, 6) is -0.732. The molecule has 1 aromatic heterocycles. The monoisotopic (exact) mass is 280 g/mol. The molecule has 6 heteroatoms. The van der Waals surface area contributed by atoms with Crippen molar-refractivity contribution in [2.75, 3.05) is 6.54 Å². The molecular weight excluding hydrogens is 264 g/mol. The topological polar surface area (TPSA) is 70.5 Å². The van der Waals surface area contributed by atoms with Crippen molar-refractivity contribution < 1.29 is 14.7 Å². The smallest absolute Gasteiger partial charge is 0.308 e. The van der Waals surface area contributed by atoms with E-state index in [9.17, 15) is 14.7 Å². The third-order valence-corrected chi connectivity index (χ3v) is 4.97. The largest absolute Gasteiger partial charge is 0.481 e. The molecule has 5 nitrogen and oxygen atoms in total. The van der Waals surface area contributed by atoms with E-state index in [1.54, 1.807) is 11.1 Å². The average Bonchev–Trinajstić information content (AvgIpc) is 2.91. The SMILES string of the molecule is O=C(O)[C@@H]1C[C@H]2CC[C@@H]1N(C(=O)Cc1ccns1)C2. The predicted molar refractivity (Wildman–Crippen MR) is 69.8 cm³/mol. The van der Waals surface area contributed by atoms with Crippen molar-refractivity contribution in [3.8, 4) is 0 Å². The van der Waals surface area contributed by atoms with Crippen LogP contribution in [0.3, 0.4) is 0 Å². The zero-order chi connectivity index (χ0) is 13.4. The number of hydrogen-bond donors (Lipinski definition) is 1. The van der Waals surface area contributed by atoms with E-state index in [1.165, 1.54) is 11.5 Å². The van der Waals surface area contributed by atoms with Crippen molar-refractivity contribution in [1.82, 2.24) is 9.27 Å². The lowest BCUT2D eigenvalue weighted by atomic mass is 9.72. The number of rotatable bonds is 3. The first-order chi connectivity index (χ1) is 9.15. The van der Waals surface area contributed by atoms with E-state index in [1.807, 2.05) is 6.07 Å². The van der Waals surface area contributed by atoms with Gasteiger partial charge in [0.25, 0.3) is 0 Å². The van der Waals surface area contributed by atoms with Crippen LogP contribution in [0, 0.1) is 11.8 Å². The lowest BCUT2D eigenvalue weighted by molar-refractivity contribution is -0.155. The summed E-state index contributed by atoms with van der Waals surface area (Å²) < 4.78 is 3.99. The fourth-order valence-electron chi connectivity index (χ4n) is 3.33. The van der Waals surface area contributed by atoms with Gasteiger partial charge in [0, 0.05) is 23.7 Å². The number of hydrogen-bond acceptors (Lipinski definition) is 4. The number of carbonyl (C=O) groups excluding carboxylic acids is 1. The average molecular weight is 280 g/mol. The minimum atomic E-state index is -0.759. The van der Waals surface area contributed by atoms with Crippen molar-refractivity contribution in [2.45, 2.75) is 31.7 Å². The summed E-state index contributed by atoms with van der Waals surface area (Å²) in [6, 6.07) is 1.74. The highest BCUT2D eigenvalue weighted by Gasteiger charge is 2.45. The Labute approximate surface area is 115 Å². The van der Waals surface area contributed by atoms with Gasteiger partial charge >= 0.3 is 5.97 Å². The van der Waals surface area contributed by atoms with E-state index in [2.05, 4.69) is 4.37 Å². The van der Waals surface area contributed by atoms with Crippen LogP contribution < -0.4 is 0 Å². The highest BCUT2D eigenvalue weighted by Crippen LogP contribution is 2.39. The van der Waals surface area contributed by atoms with Crippen LogP contribution in [0.1, 0.15) is 24.1 Å². The normalized spacial score (nSPS) is 29.5. The van der Waals surface area contributed by atoms with E-state index in [0.29, 0.717) is 12.3 Å². The lowest BCUT2D eigenvalue weighted by Gasteiger charge is -2.48. The van der Waals surface area contributed by atoms with Crippen LogP contribution in [0.4, 0.5) is 0 Å². The maximum atomic E-state index is 12.3. The molecule has 1 amide bonds. The quantitative estimate of drug-likeness (QED) is 0.908. The Hall–Kier alpha value is -1.43. The molecule has 1 saturated carbocycles. The summed E-state index contributed by atoms with van der Waals surface area (Å²) in [5.41, 5.74) is 0. The molecule has 2 aliphatic heterocycles. The highest BCUT2D eigenvalue weighted by molar-refractivity contribution is 7.05. The summed E-state index contributed by atoms with van der Waals surface area (Å²) in [7, 11) is 0. The van der Waals surface area contributed by atoms with Crippen LogP contribution in [0.2, 0.25) is 0 Å². The molecule has 0 spiro atoms. The maximum Gasteiger partial charge on any atom is 0.308 e. The molecule has 1 aromatic rings. The molecule has 102 valence electrons. The van der Waals surface area contributed by atoms with Crippen molar-refractivity contribution in [2.24, 2.45) is 11.8 Å². The van der Waals surface area contributed by atoms with Gasteiger partial charge in [-0.05, 0) is 42.8 Å². The second-order valence-electron chi connectivity index (χ2n) is 5.39. The molecule has 19 heavy (non-hydrogen) atoms. The predicted octanol–water partition coefficient (Wildman–Crippen LogP) is 1.40. The Kier molecular flexibility index (Phi) is 3.26.